The van der Waals surface area contributed by atoms with Crippen molar-refractivity contribution in [1.29, 1.82) is 0 Å². The van der Waals surface area contributed by atoms with Crippen molar-refractivity contribution >= 4 is 27.2 Å². The summed E-state index contributed by atoms with van der Waals surface area (Å²) in [5, 5.41) is 3.12. The van der Waals surface area contributed by atoms with E-state index in [1.54, 1.807) is 11.3 Å². The summed E-state index contributed by atoms with van der Waals surface area (Å²) < 4.78 is 1.19. The highest BCUT2D eigenvalue weighted by Gasteiger charge is 2.07. The first kappa shape index (κ1) is 8.45. The fourth-order valence-electron chi connectivity index (χ4n) is 1.43. The monoisotopic (exact) mass is 190 g/mol. The quantitative estimate of drug-likeness (QED) is 0.662. The van der Waals surface area contributed by atoms with Crippen molar-refractivity contribution in [2.75, 3.05) is 0 Å². The summed E-state index contributed by atoms with van der Waals surface area (Å²) in [6.07, 6.45) is 0.578. The fourth-order valence-corrected chi connectivity index (χ4v) is 2.24. The van der Waals surface area contributed by atoms with Crippen LogP contribution in [0.4, 0.5) is 0 Å². The predicted molar refractivity (Wildman–Crippen MR) is 56.4 cm³/mol. The predicted octanol–water partition coefficient (Wildman–Crippen LogP) is 3.49. The molecule has 0 saturated carbocycles. The second-order valence-corrected chi connectivity index (χ2v) is 3.86. The van der Waals surface area contributed by atoms with E-state index in [0.717, 1.165) is 10.9 Å². The molecule has 0 N–H and O–H groups in total. The first-order valence-corrected chi connectivity index (χ1v) is 5.20. The number of carbonyl (C=O) groups is 1. The van der Waals surface area contributed by atoms with Crippen LogP contribution in [0.5, 0.6) is 0 Å². The van der Waals surface area contributed by atoms with Crippen LogP contribution in [0.15, 0.2) is 29.6 Å². The van der Waals surface area contributed by atoms with Crippen molar-refractivity contribution in [3.05, 3.63) is 35.2 Å². The molecule has 0 unspecified atom stereocenters. The van der Waals surface area contributed by atoms with Gasteiger partial charge in [-0.25, -0.2) is 0 Å². The molecule has 2 rings (SSSR count). The Hall–Kier alpha value is -1.15. The van der Waals surface area contributed by atoms with Gasteiger partial charge in [-0.1, -0.05) is 19.1 Å². The zero-order chi connectivity index (χ0) is 9.26. The zero-order valence-corrected chi connectivity index (χ0v) is 8.23. The summed E-state index contributed by atoms with van der Waals surface area (Å²) >= 11 is 1.68. The Morgan fingerprint density at radius 2 is 2.23 bits per heavy atom. The minimum Gasteiger partial charge on any atom is -0.294 e. The molecular weight excluding hydrogens is 180 g/mol. The van der Waals surface area contributed by atoms with Gasteiger partial charge in [-0.3, -0.25) is 4.79 Å². The molecule has 1 heterocycles. The molecule has 0 radical (unpaired) electrons. The number of thiophene rings is 1. The molecule has 0 atom stereocenters. The number of hydrogen-bond donors (Lipinski definition) is 0. The Morgan fingerprint density at radius 3 is 3.00 bits per heavy atom. The smallest absolute Gasteiger partial charge is 0.163 e. The third-order valence-corrected chi connectivity index (χ3v) is 3.00. The molecule has 0 fully saturated rings. The van der Waals surface area contributed by atoms with E-state index in [-0.39, 0.29) is 5.78 Å². The van der Waals surface area contributed by atoms with Crippen molar-refractivity contribution in [3.63, 3.8) is 0 Å². The Labute approximate surface area is 81.0 Å². The molecule has 0 bridgehead atoms. The number of hydrogen-bond acceptors (Lipinski definition) is 2. The van der Waals surface area contributed by atoms with Crippen LogP contribution in [0.25, 0.3) is 10.1 Å². The van der Waals surface area contributed by atoms with Crippen LogP contribution in [-0.2, 0) is 0 Å². The first-order valence-electron chi connectivity index (χ1n) is 4.32. The van der Waals surface area contributed by atoms with Gasteiger partial charge in [-0.05, 0) is 17.5 Å². The van der Waals surface area contributed by atoms with Gasteiger partial charge in [-0.2, -0.15) is 0 Å². The lowest BCUT2D eigenvalue weighted by Gasteiger charge is -1.98. The van der Waals surface area contributed by atoms with E-state index in [0.29, 0.717) is 6.42 Å². The lowest BCUT2D eigenvalue weighted by Crippen LogP contribution is -1.95. The van der Waals surface area contributed by atoms with Crippen LogP contribution in [0, 0.1) is 0 Å². The lowest BCUT2D eigenvalue weighted by molar-refractivity contribution is 0.0990. The highest BCUT2D eigenvalue weighted by Crippen LogP contribution is 2.24. The molecular formula is C11H10OS. The Bertz CT molecular complexity index is 442. The second kappa shape index (κ2) is 3.30. The van der Waals surface area contributed by atoms with Gasteiger partial charge in [0, 0.05) is 22.1 Å². The average molecular weight is 190 g/mol. The van der Waals surface area contributed by atoms with Crippen LogP contribution in [0.1, 0.15) is 23.7 Å². The highest BCUT2D eigenvalue weighted by atomic mass is 32.1. The molecule has 1 aromatic heterocycles. The molecule has 2 heteroatoms. The van der Waals surface area contributed by atoms with Gasteiger partial charge in [0.1, 0.15) is 0 Å². The van der Waals surface area contributed by atoms with Crippen molar-refractivity contribution in [2.24, 2.45) is 0 Å². The molecule has 0 saturated heterocycles. The largest absolute Gasteiger partial charge is 0.294 e. The van der Waals surface area contributed by atoms with Gasteiger partial charge in [0.15, 0.2) is 5.78 Å². The van der Waals surface area contributed by atoms with Gasteiger partial charge in [0.2, 0.25) is 0 Å². The van der Waals surface area contributed by atoms with Crippen molar-refractivity contribution in [2.45, 2.75) is 13.3 Å². The molecule has 1 nitrogen and oxygen atoms in total. The Kier molecular flexibility index (Phi) is 2.15. The topological polar surface area (TPSA) is 17.1 Å². The molecule has 1 aromatic carbocycles. The molecule has 0 aliphatic heterocycles. The van der Waals surface area contributed by atoms with Gasteiger partial charge in [0.25, 0.3) is 0 Å². The minimum atomic E-state index is 0.226. The lowest BCUT2D eigenvalue weighted by atomic mass is 10.1. The van der Waals surface area contributed by atoms with E-state index in [1.807, 2.05) is 36.6 Å². The van der Waals surface area contributed by atoms with Crippen LogP contribution >= 0.6 is 11.3 Å². The fraction of sp³-hybridized carbons (Fsp3) is 0.182. The first-order chi connectivity index (χ1) is 6.33. The van der Waals surface area contributed by atoms with Gasteiger partial charge >= 0.3 is 0 Å². The summed E-state index contributed by atoms with van der Waals surface area (Å²) in [5.41, 5.74) is 0.862. The van der Waals surface area contributed by atoms with Gasteiger partial charge < -0.3 is 0 Å². The van der Waals surface area contributed by atoms with E-state index in [2.05, 4.69) is 0 Å². The molecule has 0 spiro atoms. The number of carbonyl (C=O) groups excluding carboxylic acids is 1. The van der Waals surface area contributed by atoms with E-state index in [9.17, 15) is 4.79 Å². The standard InChI is InChI=1S/C11H10OS/c1-2-10(12)8-4-3-5-11-9(8)6-7-13-11/h3-7H,2H2,1H3. The normalized spacial score (nSPS) is 10.5. The molecule has 2 aromatic rings. The van der Waals surface area contributed by atoms with Crippen molar-refractivity contribution in [1.82, 2.24) is 0 Å². The second-order valence-electron chi connectivity index (χ2n) is 2.91. The van der Waals surface area contributed by atoms with Crippen molar-refractivity contribution < 1.29 is 4.79 Å². The van der Waals surface area contributed by atoms with E-state index in [4.69, 9.17) is 0 Å². The number of ketones is 1. The maximum absolute atomic E-state index is 11.5. The Morgan fingerprint density at radius 1 is 1.38 bits per heavy atom. The van der Waals surface area contributed by atoms with Gasteiger partial charge in [0.05, 0.1) is 0 Å². The third kappa shape index (κ3) is 1.38. The summed E-state index contributed by atoms with van der Waals surface area (Å²) in [6, 6.07) is 7.91. The average Bonchev–Trinajstić information content (AvgIpc) is 2.63. The SMILES string of the molecule is CCC(=O)c1cccc2sccc12. The van der Waals surface area contributed by atoms with Crippen LogP contribution in [0.3, 0.4) is 0 Å². The third-order valence-electron chi connectivity index (χ3n) is 2.12. The summed E-state index contributed by atoms with van der Waals surface area (Å²) in [6.45, 7) is 1.90. The molecule has 0 aliphatic rings. The molecule has 13 heavy (non-hydrogen) atoms. The van der Waals surface area contributed by atoms with Gasteiger partial charge in [-0.15, -0.1) is 11.3 Å². The van der Waals surface area contributed by atoms with E-state index >= 15 is 0 Å². The summed E-state index contributed by atoms with van der Waals surface area (Å²) in [4.78, 5) is 11.5. The highest BCUT2D eigenvalue weighted by molar-refractivity contribution is 7.17. The van der Waals surface area contributed by atoms with Crippen LogP contribution in [-0.4, -0.2) is 5.78 Å². The molecule has 0 aliphatic carbocycles. The molecule has 66 valence electrons. The van der Waals surface area contributed by atoms with E-state index < -0.39 is 0 Å². The van der Waals surface area contributed by atoms with Crippen LogP contribution in [0.2, 0.25) is 0 Å². The van der Waals surface area contributed by atoms with Crippen molar-refractivity contribution in [3.8, 4) is 0 Å². The van der Waals surface area contributed by atoms with E-state index in [1.165, 1.54) is 4.70 Å². The minimum absolute atomic E-state index is 0.226. The number of Topliss-reactive ketones (excluding diaryl/α,β-unsaturated/α-hetero) is 1. The molecule has 0 amide bonds. The number of benzene rings is 1. The maximum atomic E-state index is 11.5. The number of rotatable bonds is 2. The number of fused-ring (bicyclic) bond motifs is 1. The Balaban J connectivity index is 2.67. The maximum Gasteiger partial charge on any atom is 0.163 e. The summed E-state index contributed by atoms with van der Waals surface area (Å²) in [5.74, 6) is 0.226. The zero-order valence-electron chi connectivity index (χ0n) is 7.41. The summed E-state index contributed by atoms with van der Waals surface area (Å²) in [7, 11) is 0. The van der Waals surface area contributed by atoms with Crippen LogP contribution < -0.4 is 0 Å².